The van der Waals surface area contributed by atoms with Crippen LogP contribution in [0.2, 0.25) is 5.02 Å². The third kappa shape index (κ3) is 4.70. The Bertz CT molecular complexity index is 801. The molecule has 1 aliphatic heterocycles. The van der Waals surface area contributed by atoms with Crippen molar-refractivity contribution >= 4 is 23.4 Å². The number of hydrogen-bond acceptors (Lipinski definition) is 2. The molecular formula is C23H27ClFNS. The number of fused-ring (bicyclic) bond motifs is 1. The molecule has 0 bridgehead atoms. The largest absolute Gasteiger partial charge is 0.312 e. The Balaban J connectivity index is 1.44. The van der Waals surface area contributed by atoms with Gasteiger partial charge in [0.2, 0.25) is 0 Å². The van der Waals surface area contributed by atoms with Gasteiger partial charge in [-0.05, 0) is 59.7 Å². The lowest BCUT2D eigenvalue weighted by Gasteiger charge is -2.22. The van der Waals surface area contributed by atoms with Crippen LogP contribution in [0.4, 0.5) is 4.39 Å². The van der Waals surface area contributed by atoms with E-state index >= 15 is 0 Å². The molecule has 1 fully saturated rings. The van der Waals surface area contributed by atoms with Crippen LogP contribution >= 0.6 is 23.4 Å². The Kier molecular flexibility index (Phi) is 6.42. The molecule has 4 rings (SSSR count). The maximum atomic E-state index is 14.6. The molecule has 2 aromatic rings. The van der Waals surface area contributed by atoms with Crippen LogP contribution in [0.15, 0.2) is 35.2 Å². The normalized spacial score (nSPS) is 17.7. The van der Waals surface area contributed by atoms with E-state index in [1.54, 1.807) is 17.8 Å². The molecule has 0 spiro atoms. The second-order valence-electron chi connectivity index (χ2n) is 7.86. The number of nitrogens with one attached hydrogen (secondary N) is 1. The minimum absolute atomic E-state index is 0.0379. The lowest BCUT2D eigenvalue weighted by Crippen LogP contribution is -2.24. The molecule has 2 aromatic carbocycles. The number of rotatable bonds is 5. The van der Waals surface area contributed by atoms with E-state index in [0.29, 0.717) is 5.92 Å². The summed E-state index contributed by atoms with van der Waals surface area (Å²) in [5, 5.41) is 4.22. The topological polar surface area (TPSA) is 12.0 Å². The third-order valence-corrected chi connectivity index (χ3v) is 7.57. The highest BCUT2D eigenvalue weighted by molar-refractivity contribution is 7.98. The number of thioether (sulfide) groups is 1. The summed E-state index contributed by atoms with van der Waals surface area (Å²) >= 11 is 8.22. The molecule has 0 amide bonds. The summed E-state index contributed by atoms with van der Waals surface area (Å²) in [7, 11) is 0. The summed E-state index contributed by atoms with van der Waals surface area (Å²) in [6.07, 6.45) is 8.36. The highest BCUT2D eigenvalue weighted by Crippen LogP contribution is 2.36. The molecule has 1 saturated carbocycles. The summed E-state index contributed by atoms with van der Waals surface area (Å²) in [5.74, 6) is 1.38. The summed E-state index contributed by atoms with van der Waals surface area (Å²) in [5.41, 5.74) is 4.62. The zero-order chi connectivity index (χ0) is 18.6. The van der Waals surface area contributed by atoms with Crippen molar-refractivity contribution < 1.29 is 4.39 Å². The van der Waals surface area contributed by atoms with E-state index in [4.69, 9.17) is 11.6 Å². The van der Waals surface area contributed by atoms with Gasteiger partial charge in [-0.25, -0.2) is 4.39 Å². The fourth-order valence-electron chi connectivity index (χ4n) is 4.38. The van der Waals surface area contributed by atoms with Gasteiger partial charge in [-0.2, -0.15) is 0 Å². The summed E-state index contributed by atoms with van der Waals surface area (Å²) in [6, 6.07) is 9.94. The molecule has 1 aliphatic carbocycles. The predicted octanol–water partition coefficient (Wildman–Crippen LogP) is 6.54. The van der Waals surface area contributed by atoms with E-state index in [-0.39, 0.29) is 5.82 Å². The van der Waals surface area contributed by atoms with Gasteiger partial charge in [0, 0.05) is 17.2 Å². The van der Waals surface area contributed by atoms with Gasteiger partial charge in [0.15, 0.2) is 0 Å². The van der Waals surface area contributed by atoms with Crippen LogP contribution in [-0.4, -0.2) is 6.54 Å². The maximum absolute atomic E-state index is 14.6. The highest BCUT2D eigenvalue weighted by Gasteiger charge is 2.18. The average molecular weight is 404 g/mol. The standard InChI is InChI=1S/C23H27ClFNS/c24-21-9-8-19-14-26-11-10-20(19)23(21)27-15-17-6-7-18(22(25)13-17)12-16-4-2-1-3-5-16/h6-9,13,16,26H,1-5,10-12,14-15H2. The first-order chi connectivity index (χ1) is 13.2. The number of halogens is 2. The van der Waals surface area contributed by atoms with E-state index in [2.05, 4.69) is 17.4 Å². The minimum atomic E-state index is -0.0379. The molecule has 4 heteroatoms. The van der Waals surface area contributed by atoms with E-state index < -0.39 is 0 Å². The van der Waals surface area contributed by atoms with E-state index in [1.165, 1.54) is 48.1 Å². The van der Waals surface area contributed by atoms with Crippen molar-refractivity contribution in [2.24, 2.45) is 5.92 Å². The molecule has 0 unspecified atom stereocenters. The Morgan fingerprint density at radius 1 is 1.11 bits per heavy atom. The molecule has 2 aliphatic rings. The van der Waals surface area contributed by atoms with E-state index in [9.17, 15) is 4.39 Å². The van der Waals surface area contributed by atoms with Gasteiger partial charge in [-0.15, -0.1) is 11.8 Å². The fourth-order valence-corrected chi connectivity index (χ4v) is 5.82. The predicted molar refractivity (Wildman–Crippen MR) is 113 cm³/mol. The molecule has 0 radical (unpaired) electrons. The minimum Gasteiger partial charge on any atom is -0.312 e. The lowest BCUT2D eigenvalue weighted by atomic mass is 9.84. The van der Waals surface area contributed by atoms with Crippen molar-refractivity contribution in [3.63, 3.8) is 0 Å². The van der Waals surface area contributed by atoms with Crippen LogP contribution in [0.3, 0.4) is 0 Å². The van der Waals surface area contributed by atoms with Crippen LogP contribution in [-0.2, 0) is 25.1 Å². The first-order valence-electron chi connectivity index (χ1n) is 10.1. The Morgan fingerprint density at radius 3 is 2.78 bits per heavy atom. The van der Waals surface area contributed by atoms with Crippen molar-refractivity contribution in [1.29, 1.82) is 0 Å². The van der Waals surface area contributed by atoms with Gasteiger partial charge in [-0.1, -0.05) is 61.9 Å². The van der Waals surface area contributed by atoms with Gasteiger partial charge in [0.1, 0.15) is 5.82 Å². The van der Waals surface area contributed by atoms with Crippen LogP contribution < -0.4 is 5.32 Å². The van der Waals surface area contributed by atoms with Gasteiger partial charge >= 0.3 is 0 Å². The van der Waals surface area contributed by atoms with Crippen molar-refractivity contribution in [2.45, 2.75) is 62.1 Å². The molecule has 0 atom stereocenters. The van der Waals surface area contributed by atoms with Crippen LogP contribution in [0.1, 0.15) is 54.4 Å². The van der Waals surface area contributed by atoms with Gasteiger partial charge in [-0.3, -0.25) is 0 Å². The van der Waals surface area contributed by atoms with Crippen molar-refractivity contribution in [2.75, 3.05) is 6.54 Å². The van der Waals surface area contributed by atoms with E-state index in [1.807, 2.05) is 12.1 Å². The van der Waals surface area contributed by atoms with Crippen LogP contribution in [0, 0.1) is 11.7 Å². The maximum Gasteiger partial charge on any atom is 0.126 e. The zero-order valence-electron chi connectivity index (χ0n) is 15.7. The van der Waals surface area contributed by atoms with Crippen LogP contribution in [0.25, 0.3) is 0 Å². The van der Waals surface area contributed by atoms with Gasteiger partial charge in [0.25, 0.3) is 0 Å². The van der Waals surface area contributed by atoms with E-state index in [0.717, 1.165) is 47.8 Å². The van der Waals surface area contributed by atoms with Crippen LogP contribution in [0.5, 0.6) is 0 Å². The van der Waals surface area contributed by atoms with Gasteiger partial charge < -0.3 is 5.32 Å². The molecule has 27 heavy (non-hydrogen) atoms. The summed E-state index contributed by atoms with van der Waals surface area (Å²) < 4.78 is 14.6. The second kappa shape index (κ2) is 8.98. The highest BCUT2D eigenvalue weighted by atomic mass is 35.5. The zero-order valence-corrected chi connectivity index (χ0v) is 17.3. The summed E-state index contributed by atoms with van der Waals surface area (Å²) in [4.78, 5) is 1.17. The Hall–Kier alpha value is -1.03. The molecule has 0 saturated heterocycles. The molecule has 1 heterocycles. The molecule has 0 aromatic heterocycles. The summed E-state index contributed by atoms with van der Waals surface area (Å²) in [6.45, 7) is 1.90. The Morgan fingerprint density at radius 2 is 1.96 bits per heavy atom. The second-order valence-corrected chi connectivity index (χ2v) is 9.26. The monoisotopic (exact) mass is 403 g/mol. The van der Waals surface area contributed by atoms with Gasteiger partial charge in [0.05, 0.1) is 5.02 Å². The molecule has 1 N–H and O–H groups in total. The van der Waals surface area contributed by atoms with Crippen molar-refractivity contribution in [3.05, 3.63) is 63.4 Å². The fraction of sp³-hybridized carbons (Fsp3) is 0.478. The molecular weight excluding hydrogens is 377 g/mol. The quantitative estimate of drug-likeness (QED) is 0.569. The van der Waals surface area contributed by atoms with Crippen molar-refractivity contribution in [3.8, 4) is 0 Å². The average Bonchev–Trinajstić information content (AvgIpc) is 2.70. The number of benzene rings is 2. The SMILES string of the molecule is Fc1cc(CSc2c(Cl)ccc3c2CCNC3)ccc1CC1CCCCC1. The third-order valence-electron chi connectivity index (χ3n) is 5.91. The Labute approximate surface area is 171 Å². The smallest absolute Gasteiger partial charge is 0.126 e. The lowest BCUT2D eigenvalue weighted by molar-refractivity contribution is 0.353. The van der Waals surface area contributed by atoms with Crippen molar-refractivity contribution in [1.82, 2.24) is 5.32 Å². The molecule has 1 nitrogen and oxygen atoms in total. The first kappa shape index (κ1) is 19.3. The first-order valence-corrected chi connectivity index (χ1v) is 11.5. The number of hydrogen-bond donors (Lipinski definition) is 1. The molecule has 144 valence electrons.